The summed E-state index contributed by atoms with van der Waals surface area (Å²) in [7, 11) is 0. The number of rotatable bonds is 23. The molecule has 0 heterocycles. The Hall–Kier alpha value is -2.97. The Kier molecular flexibility index (Phi) is 21.1. The number of aliphatic hydroxyl groups is 7. The molecule has 0 aromatic rings. The molecular formula is C28H54N6O12. The molecule has 0 fully saturated rings. The van der Waals surface area contributed by atoms with Crippen molar-refractivity contribution >= 4 is 29.5 Å². The molecule has 0 radical (unpaired) electrons. The molecule has 7 atom stereocenters. The summed E-state index contributed by atoms with van der Waals surface area (Å²) in [6.07, 6.45) is -7.00. The fourth-order valence-corrected chi connectivity index (χ4v) is 4.16. The van der Waals surface area contributed by atoms with Crippen molar-refractivity contribution in [1.29, 1.82) is 0 Å². The van der Waals surface area contributed by atoms with Crippen LogP contribution in [0, 0.1) is 11.8 Å². The molecular weight excluding hydrogens is 612 g/mol. The van der Waals surface area contributed by atoms with Gasteiger partial charge in [0.2, 0.25) is 23.6 Å². The van der Waals surface area contributed by atoms with E-state index in [1.807, 2.05) is 0 Å². The van der Waals surface area contributed by atoms with E-state index in [0.29, 0.717) is 19.4 Å². The highest BCUT2D eigenvalue weighted by atomic mass is 16.4. The van der Waals surface area contributed by atoms with Crippen LogP contribution in [0.15, 0.2) is 0 Å². The molecule has 0 bridgehead atoms. The van der Waals surface area contributed by atoms with Crippen LogP contribution in [0.3, 0.4) is 0 Å². The first-order valence-corrected chi connectivity index (χ1v) is 15.3. The van der Waals surface area contributed by atoms with Gasteiger partial charge in [-0.15, -0.1) is 0 Å². The summed E-state index contributed by atoms with van der Waals surface area (Å²) in [6.45, 7) is 4.47. The summed E-state index contributed by atoms with van der Waals surface area (Å²) in [6, 6.07) is -4.47. The molecule has 0 aliphatic heterocycles. The molecule has 0 spiro atoms. The quantitative estimate of drug-likeness (QED) is 0.0453. The van der Waals surface area contributed by atoms with Crippen LogP contribution in [0.1, 0.15) is 53.4 Å². The van der Waals surface area contributed by atoms with Gasteiger partial charge >= 0.3 is 0 Å². The molecule has 0 saturated heterocycles. The number of unbranched alkanes of at least 4 members (excludes halogenated alkanes) is 1. The van der Waals surface area contributed by atoms with E-state index >= 15 is 0 Å². The summed E-state index contributed by atoms with van der Waals surface area (Å²) < 4.78 is 0. The summed E-state index contributed by atoms with van der Waals surface area (Å²) >= 11 is 0. The van der Waals surface area contributed by atoms with Gasteiger partial charge in [0.1, 0.15) is 36.4 Å². The number of nitrogens with two attached hydrogens (primary N) is 1. The van der Waals surface area contributed by atoms with Gasteiger partial charge in [0.05, 0.1) is 32.4 Å². The summed E-state index contributed by atoms with van der Waals surface area (Å²) in [5, 5.41) is 78.9. The smallest absolute Gasteiger partial charge is 0.252 e. The third-order valence-corrected chi connectivity index (χ3v) is 6.92. The third-order valence-electron chi connectivity index (χ3n) is 6.92. The molecule has 0 unspecified atom stereocenters. The molecule has 0 saturated carbocycles. The predicted molar refractivity (Wildman–Crippen MR) is 163 cm³/mol. The number of nitrogens with one attached hydrogen (secondary N) is 5. The lowest BCUT2D eigenvalue weighted by Crippen LogP contribution is -2.59. The molecule has 0 rings (SSSR count). The SMILES string of the molecule is CC(C)C[C@H](NC(=O)[C@@H](NC(=O)[C@H](O)[C@@H](O)[C@H](O)[C@H](O)CO)C(C)C)C(=O)NCC(=O)N[C@@H](CCCCN)C(=O)NC(CO)CO. The van der Waals surface area contributed by atoms with Crippen molar-refractivity contribution in [3.05, 3.63) is 0 Å². The highest BCUT2D eigenvalue weighted by molar-refractivity contribution is 5.95. The number of hydrogen-bond donors (Lipinski definition) is 13. The lowest BCUT2D eigenvalue weighted by atomic mass is 9.98. The molecule has 5 amide bonds. The van der Waals surface area contributed by atoms with Crippen LogP contribution in [0.5, 0.6) is 0 Å². The molecule has 0 aliphatic carbocycles. The van der Waals surface area contributed by atoms with Gasteiger partial charge in [-0.3, -0.25) is 24.0 Å². The van der Waals surface area contributed by atoms with Crippen LogP contribution in [0.2, 0.25) is 0 Å². The van der Waals surface area contributed by atoms with Gasteiger partial charge in [-0.05, 0) is 44.1 Å². The molecule has 0 aromatic heterocycles. The second kappa shape index (κ2) is 22.5. The zero-order valence-corrected chi connectivity index (χ0v) is 26.9. The fourth-order valence-electron chi connectivity index (χ4n) is 4.16. The minimum Gasteiger partial charge on any atom is -0.394 e. The Morgan fingerprint density at radius 2 is 1.28 bits per heavy atom. The first-order valence-electron chi connectivity index (χ1n) is 15.3. The number of amides is 5. The molecule has 18 heteroatoms. The lowest BCUT2D eigenvalue weighted by molar-refractivity contribution is -0.151. The fraction of sp³-hybridized carbons (Fsp3) is 0.821. The number of aliphatic hydroxyl groups excluding tert-OH is 7. The van der Waals surface area contributed by atoms with E-state index in [2.05, 4.69) is 26.6 Å². The van der Waals surface area contributed by atoms with Gasteiger partial charge in [0.25, 0.3) is 5.91 Å². The van der Waals surface area contributed by atoms with Gasteiger partial charge < -0.3 is 68.1 Å². The first-order chi connectivity index (χ1) is 21.5. The molecule has 268 valence electrons. The molecule has 46 heavy (non-hydrogen) atoms. The van der Waals surface area contributed by atoms with E-state index in [0.717, 1.165) is 0 Å². The Balaban J connectivity index is 5.52. The van der Waals surface area contributed by atoms with Crippen molar-refractivity contribution in [2.75, 3.05) is 32.9 Å². The number of carbonyl (C=O) groups excluding carboxylic acids is 5. The Labute approximate surface area is 268 Å². The van der Waals surface area contributed by atoms with E-state index in [1.165, 1.54) is 0 Å². The van der Waals surface area contributed by atoms with Crippen LogP contribution in [-0.4, -0.2) is 147 Å². The maximum absolute atomic E-state index is 13.2. The van der Waals surface area contributed by atoms with Crippen molar-refractivity contribution in [2.24, 2.45) is 17.6 Å². The van der Waals surface area contributed by atoms with Crippen molar-refractivity contribution < 1.29 is 59.7 Å². The monoisotopic (exact) mass is 666 g/mol. The highest BCUT2D eigenvalue weighted by Gasteiger charge is 2.37. The van der Waals surface area contributed by atoms with E-state index in [9.17, 15) is 54.6 Å². The van der Waals surface area contributed by atoms with E-state index in [1.54, 1.807) is 27.7 Å². The second-order valence-corrected chi connectivity index (χ2v) is 11.8. The molecule has 0 aliphatic rings. The summed E-state index contributed by atoms with van der Waals surface area (Å²) in [5.74, 6) is -4.91. The second-order valence-electron chi connectivity index (χ2n) is 11.8. The van der Waals surface area contributed by atoms with Crippen LogP contribution in [0.25, 0.3) is 0 Å². The summed E-state index contributed by atoms with van der Waals surface area (Å²) in [5.41, 5.74) is 5.50. The zero-order valence-electron chi connectivity index (χ0n) is 26.9. The van der Waals surface area contributed by atoms with Crippen molar-refractivity contribution in [3.8, 4) is 0 Å². The number of carbonyl (C=O) groups is 5. The topological polar surface area (TPSA) is 313 Å². The largest absolute Gasteiger partial charge is 0.394 e. The zero-order chi connectivity index (χ0) is 35.6. The van der Waals surface area contributed by atoms with Gasteiger partial charge in [-0.25, -0.2) is 0 Å². The third kappa shape index (κ3) is 15.5. The highest BCUT2D eigenvalue weighted by Crippen LogP contribution is 2.10. The average molecular weight is 667 g/mol. The lowest BCUT2D eigenvalue weighted by Gasteiger charge is -2.29. The van der Waals surface area contributed by atoms with Crippen LogP contribution < -0.4 is 32.3 Å². The maximum atomic E-state index is 13.2. The summed E-state index contributed by atoms with van der Waals surface area (Å²) in [4.78, 5) is 64.1. The van der Waals surface area contributed by atoms with Gasteiger partial charge in [0.15, 0.2) is 6.10 Å². The molecule has 18 nitrogen and oxygen atoms in total. The predicted octanol–water partition coefficient (Wildman–Crippen LogP) is -5.71. The number of hydrogen-bond acceptors (Lipinski definition) is 13. The van der Waals surface area contributed by atoms with Gasteiger partial charge in [-0.1, -0.05) is 27.7 Å². The maximum Gasteiger partial charge on any atom is 0.252 e. The first kappa shape index (κ1) is 43.0. The minimum absolute atomic E-state index is 0.116. The van der Waals surface area contributed by atoms with Crippen LogP contribution in [0.4, 0.5) is 0 Å². The molecule has 0 aromatic carbocycles. The Bertz CT molecular complexity index is 952. The van der Waals surface area contributed by atoms with E-state index in [4.69, 9.17) is 10.8 Å². The average Bonchev–Trinajstić information content (AvgIpc) is 3.01. The Morgan fingerprint density at radius 1 is 0.674 bits per heavy atom. The van der Waals surface area contributed by atoms with Gasteiger partial charge in [-0.2, -0.15) is 0 Å². The van der Waals surface area contributed by atoms with Gasteiger partial charge in [0, 0.05) is 0 Å². The van der Waals surface area contributed by atoms with Crippen molar-refractivity contribution in [1.82, 2.24) is 26.6 Å². The van der Waals surface area contributed by atoms with E-state index < -0.39 is 110 Å². The minimum atomic E-state index is -2.28. The van der Waals surface area contributed by atoms with Crippen LogP contribution >= 0.6 is 0 Å². The Morgan fingerprint density at radius 3 is 1.78 bits per heavy atom. The van der Waals surface area contributed by atoms with Crippen molar-refractivity contribution in [2.45, 2.75) is 102 Å². The normalized spacial score (nSPS) is 16.2. The molecule has 14 N–H and O–H groups in total. The van der Waals surface area contributed by atoms with E-state index in [-0.39, 0.29) is 18.8 Å². The van der Waals surface area contributed by atoms with Crippen molar-refractivity contribution in [3.63, 3.8) is 0 Å². The van der Waals surface area contributed by atoms with Crippen LogP contribution in [-0.2, 0) is 24.0 Å². The standard InChI is InChI=1S/C28H54N6O12/c1-14(2)9-18(33-27(45)21(15(3)4)34-28(46)24(42)23(41)22(40)19(38)13-37)25(43)30-10-20(39)32-17(7-5-6-8-29)26(44)31-16(11-35)12-36/h14-19,21-24,35-38,40-42H,5-13,29H2,1-4H3,(H,30,43)(H,31,44)(H,32,39)(H,33,45)(H,34,46)/t17-,18-,19+,21-,22+,23-,24+/m0/s1.